The van der Waals surface area contributed by atoms with E-state index in [0.717, 1.165) is 25.9 Å². The quantitative estimate of drug-likeness (QED) is 0.561. The molecule has 1 aliphatic heterocycles. The molecule has 0 saturated carbocycles. The van der Waals surface area contributed by atoms with E-state index in [4.69, 9.17) is 9.47 Å². The van der Waals surface area contributed by atoms with Crippen LogP contribution < -0.4 is 20.1 Å². The Morgan fingerprint density at radius 2 is 2.17 bits per heavy atom. The van der Waals surface area contributed by atoms with Crippen molar-refractivity contribution in [2.45, 2.75) is 38.6 Å². The maximum atomic E-state index is 11.9. The van der Waals surface area contributed by atoms with Crippen LogP contribution in [0.25, 0.3) is 0 Å². The molecule has 132 valence electrons. The van der Waals surface area contributed by atoms with E-state index >= 15 is 0 Å². The van der Waals surface area contributed by atoms with Crippen molar-refractivity contribution in [3.05, 3.63) is 23.8 Å². The number of hydrogen-bond donors (Lipinski definition) is 2. The molecular formula is C18H26N2O4. The van der Waals surface area contributed by atoms with E-state index in [2.05, 4.69) is 10.6 Å². The lowest BCUT2D eigenvalue weighted by molar-refractivity contribution is -0.122. The Hall–Kier alpha value is -2.08. The highest BCUT2D eigenvalue weighted by Crippen LogP contribution is 2.28. The summed E-state index contributed by atoms with van der Waals surface area (Å²) < 4.78 is 10.9. The number of ketones is 1. The Morgan fingerprint density at radius 1 is 1.33 bits per heavy atom. The van der Waals surface area contributed by atoms with Crippen molar-refractivity contribution < 1.29 is 19.1 Å². The molecule has 1 atom stereocenters. The van der Waals surface area contributed by atoms with Gasteiger partial charge in [-0.3, -0.25) is 9.59 Å². The third-order valence-electron chi connectivity index (χ3n) is 4.04. The highest BCUT2D eigenvalue weighted by atomic mass is 16.5. The van der Waals surface area contributed by atoms with Gasteiger partial charge in [0, 0.05) is 24.6 Å². The fraction of sp³-hybridized carbons (Fsp3) is 0.556. The van der Waals surface area contributed by atoms with E-state index in [9.17, 15) is 9.59 Å². The number of benzene rings is 1. The SMILES string of the molecule is COc1cc(C(C)=O)ccc1OCCCC(=O)NC1CCCNC1. The molecule has 0 radical (unpaired) electrons. The third kappa shape index (κ3) is 5.53. The zero-order valence-electron chi connectivity index (χ0n) is 14.4. The molecule has 2 N–H and O–H groups in total. The molecule has 1 amide bonds. The monoisotopic (exact) mass is 334 g/mol. The molecule has 0 aliphatic carbocycles. The fourth-order valence-electron chi connectivity index (χ4n) is 2.70. The average molecular weight is 334 g/mol. The Bertz CT molecular complexity index is 568. The number of amides is 1. The molecule has 6 heteroatoms. The molecule has 24 heavy (non-hydrogen) atoms. The number of hydrogen-bond acceptors (Lipinski definition) is 5. The van der Waals surface area contributed by atoms with Gasteiger partial charge in [0.1, 0.15) is 0 Å². The average Bonchev–Trinajstić information content (AvgIpc) is 2.59. The fourth-order valence-corrected chi connectivity index (χ4v) is 2.70. The summed E-state index contributed by atoms with van der Waals surface area (Å²) in [4.78, 5) is 23.3. The van der Waals surface area contributed by atoms with Crippen LogP contribution in [0.5, 0.6) is 11.5 Å². The van der Waals surface area contributed by atoms with Crippen LogP contribution in [-0.4, -0.2) is 44.5 Å². The summed E-state index contributed by atoms with van der Waals surface area (Å²) in [6, 6.07) is 5.35. The lowest BCUT2D eigenvalue weighted by Gasteiger charge is -2.23. The first-order chi connectivity index (χ1) is 11.6. The first-order valence-corrected chi connectivity index (χ1v) is 8.42. The second-order valence-electron chi connectivity index (χ2n) is 5.98. The first-order valence-electron chi connectivity index (χ1n) is 8.42. The number of carbonyl (C=O) groups excluding carboxylic acids is 2. The second kappa shape index (κ2) is 9.27. The third-order valence-corrected chi connectivity index (χ3v) is 4.04. The van der Waals surface area contributed by atoms with Crippen molar-refractivity contribution >= 4 is 11.7 Å². The lowest BCUT2D eigenvalue weighted by Crippen LogP contribution is -2.45. The number of methoxy groups -OCH3 is 1. The topological polar surface area (TPSA) is 76.7 Å². The summed E-state index contributed by atoms with van der Waals surface area (Å²) >= 11 is 0. The van der Waals surface area contributed by atoms with Gasteiger partial charge in [0.05, 0.1) is 13.7 Å². The molecule has 0 bridgehead atoms. The van der Waals surface area contributed by atoms with Crippen molar-refractivity contribution in [3.63, 3.8) is 0 Å². The highest BCUT2D eigenvalue weighted by molar-refractivity contribution is 5.94. The number of rotatable bonds is 8. The molecule has 1 aromatic carbocycles. The van der Waals surface area contributed by atoms with Gasteiger partial charge in [-0.25, -0.2) is 0 Å². The maximum Gasteiger partial charge on any atom is 0.220 e. The van der Waals surface area contributed by atoms with E-state index in [1.165, 1.54) is 14.0 Å². The predicted octanol–water partition coefficient (Wildman–Crippen LogP) is 1.92. The Labute approximate surface area is 142 Å². The first kappa shape index (κ1) is 18.3. The Morgan fingerprint density at radius 3 is 2.83 bits per heavy atom. The Kier molecular flexibility index (Phi) is 7.06. The van der Waals surface area contributed by atoms with Crippen molar-refractivity contribution in [2.24, 2.45) is 0 Å². The Balaban J connectivity index is 1.73. The molecule has 2 rings (SSSR count). The van der Waals surface area contributed by atoms with Gasteiger partial charge in [-0.1, -0.05) is 0 Å². The van der Waals surface area contributed by atoms with Gasteiger partial charge in [-0.15, -0.1) is 0 Å². The zero-order chi connectivity index (χ0) is 17.4. The number of Topliss-reactive ketones (excluding diaryl/α,β-unsaturated/α-hetero) is 1. The van der Waals surface area contributed by atoms with Crippen molar-refractivity contribution in [2.75, 3.05) is 26.8 Å². The molecule has 0 spiro atoms. The molecular weight excluding hydrogens is 308 g/mol. The van der Waals surface area contributed by atoms with E-state index < -0.39 is 0 Å². The van der Waals surface area contributed by atoms with Gasteiger partial charge in [0.2, 0.25) is 5.91 Å². The number of ether oxygens (including phenoxy) is 2. The van der Waals surface area contributed by atoms with Crippen molar-refractivity contribution in [3.8, 4) is 11.5 Å². The highest BCUT2D eigenvalue weighted by Gasteiger charge is 2.15. The summed E-state index contributed by atoms with van der Waals surface area (Å²) in [5.74, 6) is 1.15. The van der Waals surface area contributed by atoms with Crippen LogP contribution in [0.4, 0.5) is 0 Å². The smallest absolute Gasteiger partial charge is 0.220 e. The molecule has 1 heterocycles. The minimum Gasteiger partial charge on any atom is -0.493 e. The maximum absolute atomic E-state index is 11.9. The largest absolute Gasteiger partial charge is 0.493 e. The van der Waals surface area contributed by atoms with Crippen LogP contribution in [0.3, 0.4) is 0 Å². The van der Waals surface area contributed by atoms with Crippen LogP contribution in [0.1, 0.15) is 43.0 Å². The van der Waals surface area contributed by atoms with E-state index in [1.807, 2.05) is 0 Å². The molecule has 1 aromatic rings. The summed E-state index contributed by atoms with van der Waals surface area (Å²) in [5, 5.41) is 6.32. The number of nitrogens with one attached hydrogen (secondary N) is 2. The molecule has 0 aromatic heterocycles. The van der Waals surface area contributed by atoms with Crippen molar-refractivity contribution in [1.29, 1.82) is 0 Å². The van der Waals surface area contributed by atoms with E-state index in [-0.39, 0.29) is 17.7 Å². The van der Waals surface area contributed by atoms with Crippen molar-refractivity contribution in [1.82, 2.24) is 10.6 Å². The van der Waals surface area contributed by atoms with Crippen LogP contribution in [0.15, 0.2) is 18.2 Å². The standard InChI is InChI=1S/C18H26N2O4/c1-13(21)14-7-8-16(17(11-14)23-2)24-10-4-6-18(22)20-15-5-3-9-19-12-15/h7-8,11,15,19H,3-6,9-10,12H2,1-2H3,(H,20,22). The van der Waals surface area contributed by atoms with E-state index in [0.29, 0.717) is 36.5 Å². The summed E-state index contributed by atoms with van der Waals surface area (Å²) in [5.41, 5.74) is 0.583. The van der Waals surface area contributed by atoms with Crippen LogP contribution in [0, 0.1) is 0 Å². The van der Waals surface area contributed by atoms with E-state index in [1.54, 1.807) is 18.2 Å². The summed E-state index contributed by atoms with van der Waals surface area (Å²) in [6.45, 7) is 3.81. The summed E-state index contributed by atoms with van der Waals surface area (Å²) in [6.07, 6.45) is 3.20. The van der Waals surface area contributed by atoms with Gasteiger partial charge >= 0.3 is 0 Å². The zero-order valence-corrected chi connectivity index (χ0v) is 14.4. The molecule has 1 unspecified atom stereocenters. The van der Waals surface area contributed by atoms with Crippen LogP contribution in [0.2, 0.25) is 0 Å². The van der Waals surface area contributed by atoms with Gasteiger partial charge in [0.15, 0.2) is 17.3 Å². The molecule has 6 nitrogen and oxygen atoms in total. The second-order valence-corrected chi connectivity index (χ2v) is 5.98. The minimum atomic E-state index is -0.0197. The molecule has 1 aliphatic rings. The van der Waals surface area contributed by atoms with Gasteiger partial charge < -0.3 is 20.1 Å². The van der Waals surface area contributed by atoms with Gasteiger partial charge in [-0.2, -0.15) is 0 Å². The van der Waals surface area contributed by atoms with Crippen LogP contribution in [-0.2, 0) is 4.79 Å². The predicted molar refractivity (Wildman–Crippen MR) is 91.8 cm³/mol. The molecule has 1 fully saturated rings. The van der Waals surface area contributed by atoms with Gasteiger partial charge in [-0.05, 0) is 50.9 Å². The number of carbonyl (C=O) groups is 2. The minimum absolute atomic E-state index is 0.0197. The van der Waals surface area contributed by atoms with Crippen LogP contribution >= 0.6 is 0 Å². The van der Waals surface area contributed by atoms with Gasteiger partial charge in [0.25, 0.3) is 0 Å². The molecule has 1 saturated heterocycles. The number of piperidine rings is 1. The normalized spacial score (nSPS) is 17.2. The lowest BCUT2D eigenvalue weighted by atomic mass is 10.1. The summed E-state index contributed by atoms with van der Waals surface area (Å²) in [7, 11) is 1.54.